The van der Waals surface area contributed by atoms with Crippen LogP contribution in [0.5, 0.6) is 0 Å². The Morgan fingerprint density at radius 3 is 2.91 bits per heavy atom. The van der Waals surface area contributed by atoms with Gasteiger partial charge in [-0.2, -0.15) is 0 Å². The zero-order valence-corrected chi connectivity index (χ0v) is 13.8. The maximum absolute atomic E-state index is 12.3. The highest BCUT2D eigenvalue weighted by Crippen LogP contribution is 2.40. The molecule has 5 heteroatoms. The molecule has 1 aliphatic carbocycles. The summed E-state index contributed by atoms with van der Waals surface area (Å²) in [7, 11) is 0. The summed E-state index contributed by atoms with van der Waals surface area (Å²) in [5.74, 6) is 0.705. The largest absolute Gasteiger partial charge is 0.347 e. The smallest absolute Gasteiger partial charge is 0.222 e. The van der Waals surface area contributed by atoms with Crippen LogP contribution in [-0.2, 0) is 9.59 Å². The van der Waals surface area contributed by atoms with E-state index in [1.54, 1.807) is 0 Å². The second kappa shape index (κ2) is 7.11. The monoisotopic (exact) mass is 315 g/mol. The molecule has 5 nitrogen and oxygen atoms in total. The minimum Gasteiger partial charge on any atom is -0.347 e. The van der Waals surface area contributed by atoms with Crippen molar-refractivity contribution < 1.29 is 9.59 Å². The molecule has 2 heterocycles. The molecule has 1 saturated heterocycles. The van der Waals surface area contributed by atoms with E-state index in [1.807, 2.05) is 30.0 Å². The molecule has 0 spiro atoms. The number of carbonyl (C=O) groups is 2. The Bertz CT molecular complexity index is 583. The summed E-state index contributed by atoms with van der Waals surface area (Å²) in [6.45, 7) is 3.29. The first kappa shape index (κ1) is 16.0. The Balaban J connectivity index is 1.55. The van der Waals surface area contributed by atoms with Crippen LogP contribution in [0.1, 0.15) is 56.0 Å². The Morgan fingerprint density at radius 1 is 1.39 bits per heavy atom. The van der Waals surface area contributed by atoms with Gasteiger partial charge in [0.25, 0.3) is 0 Å². The molecule has 0 bridgehead atoms. The van der Waals surface area contributed by atoms with Gasteiger partial charge < -0.3 is 10.2 Å². The quantitative estimate of drug-likeness (QED) is 0.876. The number of nitrogens with one attached hydrogen (secondary N) is 1. The molecular weight excluding hydrogens is 290 g/mol. The minimum atomic E-state index is 0.0134. The highest BCUT2D eigenvalue weighted by atomic mass is 16.2. The molecule has 0 aromatic carbocycles. The van der Waals surface area contributed by atoms with E-state index in [9.17, 15) is 9.59 Å². The molecule has 23 heavy (non-hydrogen) atoms. The number of carbonyl (C=O) groups excluding carboxylic acids is 2. The van der Waals surface area contributed by atoms with Gasteiger partial charge in [0.2, 0.25) is 11.8 Å². The second-order valence-corrected chi connectivity index (χ2v) is 6.67. The molecule has 0 radical (unpaired) electrons. The highest BCUT2D eigenvalue weighted by molar-refractivity contribution is 5.79. The van der Waals surface area contributed by atoms with E-state index < -0.39 is 0 Å². The van der Waals surface area contributed by atoms with Crippen LogP contribution in [0.15, 0.2) is 18.2 Å². The van der Waals surface area contributed by atoms with Crippen molar-refractivity contribution in [1.82, 2.24) is 15.2 Å². The van der Waals surface area contributed by atoms with Crippen LogP contribution in [0, 0.1) is 12.8 Å². The third-order valence-corrected chi connectivity index (χ3v) is 4.67. The fourth-order valence-corrected chi connectivity index (χ4v) is 3.18. The molecule has 1 N–H and O–H groups in total. The first-order valence-electron chi connectivity index (χ1n) is 8.64. The molecule has 1 aliphatic heterocycles. The lowest BCUT2D eigenvalue weighted by atomic mass is 10.1. The van der Waals surface area contributed by atoms with E-state index in [2.05, 4.69) is 10.3 Å². The minimum absolute atomic E-state index is 0.0134. The lowest BCUT2D eigenvalue weighted by Crippen LogP contribution is -2.39. The van der Waals surface area contributed by atoms with Crippen molar-refractivity contribution in [3.8, 4) is 0 Å². The molecule has 124 valence electrons. The number of likely N-dealkylation sites (tertiary alicyclic amines) is 1. The molecule has 3 rings (SSSR count). The molecule has 1 saturated carbocycles. The van der Waals surface area contributed by atoms with Gasteiger partial charge in [-0.1, -0.05) is 6.07 Å². The molecule has 2 amide bonds. The average molecular weight is 315 g/mol. The second-order valence-electron chi connectivity index (χ2n) is 6.67. The summed E-state index contributed by atoms with van der Waals surface area (Å²) in [4.78, 5) is 30.5. The van der Waals surface area contributed by atoms with Gasteiger partial charge in [-0.05, 0) is 50.7 Å². The van der Waals surface area contributed by atoms with Crippen LogP contribution >= 0.6 is 0 Å². The number of piperidine rings is 1. The number of hydrogen-bond acceptors (Lipinski definition) is 3. The normalized spacial score (nSPS) is 19.5. The number of pyridine rings is 1. The summed E-state index contributed by atoms with van der Waals surface area (Å²) >= 11 is 0. The molecular formula is C18H25N3O2. The lowest BCUT2D eigenvalue weighted by Gasteiger charge is -2.27. The Hall–Kier alpha value is -1.91. The Labute approximate surface area is 137 Å². The summed E-state index contributed by atoms with van der Waals surface area (Å²) < 4.78 is 0. The van der Waals surface area contributed by atoms with Crippen LogP contribution in [0.25, 0.3) is 0 Å². The van der Waals surface area contributed by atoms with Crippen molar-refractivity contribution in [2.75, 3.05) is 13.1 Å². The van der Waals surface area contributed by atoms with Crippen LogP contribution < -0.4 is 5.32 Å². The molecule has 2 fully saturated rings. The number of amides is 2. The van der Waals surface area contributed by atoms with Gasteiger partial charge in [-0.15, -0.1) is 0 Å². The van der Waals surface area contributed by atoms with E-state index in [-0.39, 0.29) is 17.9 Å². The van der Waals surface area contributed by atoms with Gasteiger partial charge in [0.05, 0.1) is 11.7 Å². The van der Waals surface area contributed by atoms with Gasteiger partial charge in [0, 0.05) is 31.6 Å². The van der Waals surface area contributed by atoms with Crippen molar-refractivity contribution in [1.29, 1.82) is 0 Å². The van der Waals surface area contributed by atoms with Gasteiger partial charge in [-0.3, -0.25) is 14.6 Å². The van der Waals surface area contributed by atoms with Gasteiger partial charge >= 0.3 is 0 Å². The maximum atomic E-state index is 12.3. The summed E-state index contributed by atoms with van der Waals surface area (Å²) in [5.41, 5.74) is 1.93. The van der Waals surface area contributed by atoms with Gasteiger partial charge in [-0.25, -0.2) is 0 Å². The lowest BCUT2D eigenvalue weighted by molar-refractivity contribution is -0.133. The number of rotatable bonds is 6. The third-order valence-electron chi connectivity index (χ3n) is 4.67. The topological polar surface area (TPSA) is 62.3 Å². The third kappa shape index (κ3) is 4.30. The summed E-state index contributed by atoms with van der Waals surface area (Å²) in [6.07, 6.45) is 5.31. The van der Waals surface area contributed by atoms with E-state index >= 15 is 0 Å². The predicted octanol–water partition coefficient (Wildman–Crippen LogP) is 2.36. The number of nitrogens with zero attached hydrogens (tertiary/aromatic N) is 2. The molecule has 2 aliphatic rings. The standard InChI is InChI=1S/C18H25N3O2/c1-13-5-4-6-15(19-13)18(14-8-9-14)20-16(22)10-12-21-11-3-2-7-17(21)23/h4-6,14,18H,2-3,7-12H2,1H3,(H,20,22). The molecule has 1 aromatic rings. The van der Waals surface area contributed by atoms with Crippen molar-refractivity contribution in [3.63, 3.8) is 0 Å². The summed E-state index contributed by atoms with van der Waals surface area (Å²) in [6, 6.07) is 5.97. The fourth-order valence-electron chi connectivity index (χ4n) is 3.18. The number of aromatic nitrogens is 1. The fraction of sp³-hybridized carbons (Fsp3) is 0.611. The van der Waals surface area contributed by atoms with Crippen molar-refractivity contribution in [3.05, 3.63) is 29.6 Å². The van der Waals surface area contributed by atoms with E-state index in [1.165, 1.54) is 0 Å². The van der Waals surface area contributed by atoms with Crippen LogP contribution in [0.4, 0.5) is 0 Å². The maximum Gasteiger partial charge on any atom is 0.222 e. The number of aryl methyl sites for hydroxylation is 1. The highest BCUT2D eigenvalue weighted by Gasteiger charge is 2.34. The predicted molar refractivity (Wildman–Crippen MR) is 87.6 cm³/mol. The zero-order chi connectivity index (χ0) is 16.2. The van der Waals surface area contributed by atoms with E-state index in [0.29, 0.717) is 25.3 Å². The Kier molecular flexibility index (Phi) is 4.94. The Morgan fingerprint density at radius 2 is 2.22 bits per heavy atom. The van der Waals surface area contributed by atoms with Crippen molar-refractivity contribution >= 4 is 11.8 Å². The van der Waals surface area contributed by atoms with Crippen molar-refractivity contribution in [2.24, 2.45) is 5.92 Å². The molecule has 1 unspecified atom stereocenters. The van der Waals surface area contributed by atoms with Gasteiger partial charge in [0.1, 0.15) is 0 Å². The van der Waals surface area contributed by atoms with Crippen LogP contribution in [-0.4, -0.2) is 34.8 Å². The first-order valence-corrected chi connectivity index (χ1v) is 8.64. The van der Waals surface area contributed by atoms with E-state index in [0.717, 1.165) is 43.6 Å². The number of hydrogen-bond donors (Lipinski definition) is 1. The molecule has 1 aromatic heterocycles. The van der Waals surface area contributed by atoms with E-state index in [4.69, 9.17) is 0 Å². The zero-order valence-electron chi connectivity index (χ0n) is 13.8. The first-order chi connectivity index (χ1) is 11.1. The van der Waals surface area contributed by atoms with Gasteiger partial charge in [0.15, 0.2) is 0 Å². The SMILES string of the molecule is Cc1cccc(C(NC(=O)CCN2CCCCC2=O)C2CC2)n1. The van der Waals surface area contributed by atoms with Crippen LogP contribution in [0.3, 0.4) is 0 Å². The summed E-state index contributed by atoms with van der Waals surface area (Å²) in [5, 5.41) is 3.14. The van der Waals surface area contributed by atoms with Crippen LogP contribution in [0.2, 0.25) is 0 Å². The molecule has 1 atom stereocenters. The average Bonchev–Trinajstić information content (AvgIpc) is 3.36. The van der Waals surface area contributed by atoms with Crippen molar-refractivity contribution in [2.45, 2.75) is 51.5 Å².